The van der Waals surface area contributed by atoms with Crippen molar-refractivity contribution in [2.24, 2.45) is 5.92 Å². The van der Waals surface area contributed by atoms with Gasteiger partial charge in [0, 0.05) is 19.9 Å². The summed E-state index contributed by atoms with van der Waals surface area (Å²) in [6.45, 7) is 2.30. The first-order valence-corrected chi connectivity index (χ1v) is 6.33. The highest BCUT2D eigenvalue weighted by molar-refractivity contribution is 5.78. The van der Waals surface area contributed by atoms with Gasteiger partial charge < -0.3 is 14.4 Å². The number of esters is 1. The van der Waals surface area contributed by atoms with Crippen LogP contribution in [-0.4, -0.2) is 49.1 Å². The van der Waals surface area contributed by atoms with Crippen LogP contribution < -0.4 is 0 Å². The molecule has 1 aromatic rings. The molecule has 0 fully saturated rings. The van der Waals surface area contributed by atoms with Crippen LogP contribution in [0.1, 0.15) is 12.6 Å². The third-order valence-electron chi connectivity index (χ3n) is 2.80. The van der Waals surface area contributed by atoms with Crippen molar-refractivity contribution in [3.05, 3.63) is 30.1 Å². The molecule has 0 spiro atoms. The number of nitrogens with zero attached hydrogens (tertiary/aromatic N) is 2. The molecule has 0 aliphatic carbocycles. The lowest BCUT2D eigenvalue weighted by Gasteiger charge is -2.24. The van der Waals surface area contributed by atoms with Crippen LogP contribution in [0.25, 0.3) is 0 Å². The van der Waals surface area contributed by atoms with Gasteiger partial charge in [0.15, 0.2) is 0 Å². The molecule has 1 atom stereocenters. The van der Waals surface area contributed by atoms with Gasteiger partial charge in [0.2, 0.25) is 5.91 Å². The van der Waals surface area contributed by atoms with Crippen molar-refractivity contribution >= 4 is 11.9 Å². The van der Waals surface area contributed by atoms with Gasteiger partial charge in [-0.15, -0.1) is 0 Å². The highest BCUT2D eigenvalue weighted by Gasteiger charge is 2.21. The fourth-order valence-electron chi connectivity index (χ4n) is 1.76. The predicted molar refractivity (Wildman–Crippen MR) is 72.7 cm³/mol. The molecule has 1 amide bonds. The Balaban J connectivity index is 2.75. The van der Waals surface area contributed by atoms with E-state index in [2.05, 4.69) is 9.72 Å². The number of aromatic nitrogens is 1. The van der Waals surface area contributed by atoms with Gasteiger partial charge in [-0.1, -0.05) is 13.0 Å². The number of hydrogen-bond acceptors (Lipinski definition) is 5. The van der Waals surface area contributed by atoms with Crippen LogP contribution in [0.5, 0.6) is 0 Å². The van der Waals surface area contributed by atoms with Gasteiger partial charge in [-0.05, 0) is 12.1 Å². The first-order chi connectivity index (χ1) is 9.58. The standard InChI is InChI=1S/C14H20N2O4/c1-11(14(18)20-3)8-16(13(17)10-19-2)9-12-6-4-5-7-15-12/h4-7,11H,8-10H2,1-3H3. The van der Waals surface area contributed by atoms with Gasteiger partial charge in [-0.2, -0.15) is 0 Å². The molecule has 6 heteroatoms. The molecule has 110 valence electrons. The topological polar surface area (TPSA) is 68.7 Å². The van der Waals surface area contributed by atoms with Crippen molar-refractivity contribution in [2.75, 3.05) is 27.4 Å². The second kappa shape index (κ2) is 8.27. The van der Waals surface area contributed by atoms with E-state index in [1.807, 2.05) is 18.2 Å². The van der Waals surface area contributed by atoms with Crippen molar-refractivity contribution in [1.82, 2.24) is 9.88 Å². The molecule has 0 aliphatic rings. The molecule has 0 saturated carbocycles. The molecule has 1 unspecified atom stereocenters. The number of hydrogen-bond donors (Lipinski definition) is 0. The summed E-state index contributed by atoms with van der Waals surface area (Å²) in [6.07, 6.45) is 1.66. The number of rotatable bonds is 7. The zero-order valence-corrected chi connectivity index (χ0v) is 12.0. The second-order valence-corrected chi connectivity index (χ2v) is 4.45. The lowest BCUT2D eigenvalue weighted by atomic mass is 10.1. The molecule has 0 bridgehead atoms. The summed E-state index contributed by atoms with van der Waals surface area (Å²) in [6, 6.07) is 5.49. The summed E-state index contributed by atoms with van der Waals surface area (Å²) >= 11 is 0. The molecule has 0 aliphatic heterocycles. The minimum absolute atomic E-state index is 0.0271. The van der Waals surface area contributed by atoms with E-state index in [9.17, 15) is 9.59 Å². The smallest absolute Gasteiger partial charge is 0.310 e. The van der Waals surface area contributed by atoms with Crippen molar-refractivity contribution < 1.29 is 19.1 Å². The summed E-state index contributed by atoms with van der Waals surface area (Å²) in [5, 5.41) is 0. The van der Waals surface area contributed by atoms with Crippen LogP contribution in [-0.2, 0) is 25.6 Å². The van der Waals surface area contributed by atoms with Crippen LogP contribution >= 0.6 is 0 Å². The van der Waals surface area contributed by atoms with Crippen LogP contribution in [0, 0.1) is 5.92 Å². The third kappa shape index (κ3) is 4.97. The number of carbonyl (C=O) groups excluding carboxylic acids is 2. The van der Waals surface area contributed by atoms with E-state index in [0.717, 1.165) is 5.69 Å². The molecule has 0 radical (unpaired) electrons. The Morgan fingerprint density at radius 2 is 2.10 bits per heavy atom. The summed E-state index contributed by atoms with van der Waals surface area (Å²) in [5.41, 5.74) is 0.758. The lowest BCUT2D eigenvalue weighted by Crippen LogP contribution is -2.38. The van der Waals surface area contributed by atoms with Crippen LogP contribution in [0.2, 0.25) is 0 Å². The molecule has 0 aromatic carbocycles. The molecule has 20 heavy (non-hydrogen) atoms. The fourth-order valence-corrected chi connectivity index (χ4v) is 1.76. The van der Waals surface area contributed by atoms with Crippen molar-refractivity contribution in [3.8, 4) is 0 Å². The summed E-state index contributed by atoms with van der Waals surface area (Å²) in [5.74, 6) is -0.931. The van der Waals surface area contributed by atoms with E-state index >= 15 is 0 Å². The van der Waals surface area contributed by atoms with E-state index in [4.69, 9.17) is 4.74 Å². The predicted octanol–water partition coefficient (Wildman–Crippen LogP) is 0.866. The second-order valence-electron chi connectivity index (χ2n) is 4.45. The lowest BCUT2D eigenvalue weighted by molar-refractivity contribution is -0.147. The normalized spacial score (nSPS) is 11.8. The first-order valence-electron chi connectivity index (χ1n) is 6.33. The van der Waals surface area contributed by atoms with Crippen molar-refractivity contribution in [1.29, 1.82) is 0 Å². The summed E-state index contributed by atoms with van der Waals surface area (Å²) in [4.78, 5) is 29.2. The Labute approximate surface area is 118 Å². The molecule has 1 aromatic heterocycles. The van der Waals surface area contributed by atoms with Crippen LogP contribution in [0.15, 0.2) is 24.4 Å². The van der Waals surface area contributed by atoms with Gasteiger partial charge >= 0.3 is 5.97 Å². The highest BCUT2D eigenvalue weighted by atomic mass is 16.5. The number of carbonyl (C=O) groups is 2. The number of ether oxygens (including phenoxy) is 2. The van der Waals surface area contributed by atoms with E-state index in [-0.39, 0.29) is 25.0 Å². The zero-order valence-electron chi connectivity index (χ0n) is 12.0. The summed E-state index contributed by atoms with van der Waals surface area (Å²) in [7, 11) is 2.79. The Hall–Kier alpha value is -1.95. The van der Waals surface area contributed by atoms with E-state index in [1.165, 1.54) is 14.2 Å². The maximum Gasteiger partial charge on any atom is 0.310 e. The van der Waals surface area contributed by atoms with E-state index in [0.29, 0.717) is 6.54 Å². The molecular formula is C14H20N2O4. The van der Waals surface area contributed by atoms with Crippen molar-refractivity contribution in [3.63, 3.8) is 0 Å². The van der Waals surface area contributed by atoms with Crippen LogP contribution in [0.3, 0.4) is 0 Å². The molecule has 1 heterocycles. The molecule has 1 rings (SSSR count). The van der Waals surface area contributed by atoms with Gasteiger partial charge in [-0.3, -0.25) is 14.6 Å². The average Bonchev–Trinajstić information content (AvgIpc) is 2.46. The van der Waals surface area contributed by atoms with Gasteiger partial charge in [0.1, 0.15) is 6.61 Å². The van der Waals surface area contributed by atoms with E-state index in [1.54, 1.807) is 18.0 Å². The van der Waals surface area contributed by atoms with Gasteiger partial charge in [-0.25, -0.2) is 0 Å². The van der Waals surface area contributed by atoms with Crippen molar-refractivity contribution in [2.45, 2.75) is 13.5 Å². The largest absolute Gasteiger partial charge is 0.469 e. The molecular weight excluding hydrogens is 260 g/mol. The molecule has 6 nitrogen and oxygen atoms in total. The first kappa shape index (κ1) is 16.1. The minimum atomic E-state index is -0.399. The van der Waals surface area contributed by atoms with Gasteiger partial charge in [0.05, 0.1) is 25.3 Å². The minimum Gasteiger partial charge on any atom is -0.469 e. The zero-order chi connectivity index (χ0) is 15.0. The maximum absolute atomic E-state index is 12.0. The highest BCUT2D eigenvalue weighted by Crippen LogP contribution is 2.08. The Kier molecular flexibility index (Phi) is 6.66. The van der Waals surface area contributed by atoms with Crippen LogP contribution in [0.4, 0.5) is 0 Å². The summed E-state index contributed by atoms with van der Waals surface area (Å²) < 4.78 is 9.54. The fraction of sp³-hybridized carbons (Fsp3) is 0.500. The SMILES string of the molecule is COCC(=O)N(Cc1ccccn1)CC(C)C(=O)OC. The maximum atomic E-state index is 12.0. The Morgan fingerprint density at radius 3 is 2.65 bits per heavy atom. The number of methoxy groups -OCH3 is 2. The monoisotopic (exact) mass is 280 g/mol. The average molecular weight is 280 g/mol. The third-order valence-corrected chi connectivity index (χ3v) is 2.80. The Bertz CT molecular complexity index is 436. The number of pyridine rings is 1. The quantitative estimate of drug-likeness (QED) is 0.693. The molecule has 0 saturated heterocycles. The molecule has 0 N–H and O–H groups in total. The Morgan fingerprint density at radius 1 is 1.35 bits per heavy atom. The number of amides is 1. The van der Waals surface area contributed by atoms with E-state index < -0.39 is 5.92 Å². The van der Waals surface area contributed by atoms with Gasteiger partial charge in [0.25, 0.3) is 0 Å².